The summed E-state index contributed by atoms with van der Waals surface area (Å²) in [6.07, 6.45) is 4.11. The molecule has 3 rings (SSSR count). The Labute approximate surface area is 147 Å². The van der Waals surface area contributed by atoms with Gasteiger partial charge in [0.1, 0.15) is 0 Å². The number of thiophene rings is 1. The van der Waals surface area contributed by atoms with Gasteiger partial charge >= 0.3 is 0 Å². The van der Waals surface area contributed by atoms with Crippen LogP contribution in [0, 0.1) is 0 Å². The zero-order valence-corrected chi connectivity index (χ0v) is 16.0. The SMILES string of the molecule is CCNC(c1ccc(C2CCC2)cc1)c1cc(Br)sc1Br. The van der Waals surface area contributed by atoms with Crippen molar-refractivity contribution in [3.05, 3.63) is 54.6 Å². The van der Waals surface area contributed by atoms with E-state index < -0.39 is 0 Å². The minimum Gasteiger partial charge on any atom is -0.306 e. The number of nitrogens with one attached hydrogen (secondary N) is 1. The van der Waals surface area contributed by atoms with Crippen LogP contribution in [0.3, 0.4) is 0 Å². The zero-order valence-electron chi connectivity index (χ0n) is 12.0. The van der Waals surface area contributed by atoms with E-state index in [4.69, 9.17) is 0 Å². The molecule has 1 heterocycles. The van der Waals surface area contributed by atoms with Gasteiger partial charge in [-0.15, -0.1) is 11.3 Å². The molecule has 0 bridgehead atoms. The van der Waals surface area contributed by atoms with Crippen LogP contribution in [0.5, 0.6) is 0 Å². The van der Waals surface area contributed by atoms with E-state index in [0.29, 0.717) is 0 Å². The van der Waals surface area contributed by atoms with Crippen LogP contribution < -0.4 is 5.32 Å². The highest BCUT2D eigenvalue weighted by Crippen LogP contribution is 2.39. The van der Waals surface area contributed by atoms with E-state index in [-0.39, 0.29) is 6.04 Å². The average molecular weight is 429 g/mol. The first-order valence-corrected chi connectivity index (χ1v) is 9.87. The van der Waals surface area contributed by atoms with Gasteiger partial charge in [-0.1, -0.05) is 37.6 Å². The quantitative estimate of drug-likeness (QED) is 0.594. The molecule has 0 amide bonds. The highest BCUT2D eigenvalue weighted by Gasteiger charge is 2.21. The van der Waals surface area contributed by atoms with Gasteiger partial charge in [-0.3, -0.25) is 0 Å². The third-order valence-electron chi connectivity index (χ3n) is 4.25. The lowest BCUT2D eigenvalue weighted by Gasteiger charge is -2.26. The van der Waals surface area contributed by atoms with Gasteiger partial charge in [-0.05, 0) is 79.9 Å². The summed E-state index contributed by atoms with van der Waals surface area (Å²) in [4.78, 5) is 0. The molecule has 1 aliphatic carbocycles. The van der Waals surface area contributed by atoms with Gasteiger partial charge in [-0.2, -0.15) is 0 Å². The van der Waals surface area contributed by atoms with Crippen LogP contribution in [0.2, 0.25) is 0 Å². The molecule has 1 nitrogen and oxygen atoms in total. The Morgan fingerprint density at radius 1 is 1.24 bits per heavy atom. The van der Waals surface area contributed by atoms with Crippen molar-refractivity contribution < 1.29 is 0 Å². The summed E-state index contributed by atoms with van der Waals surface area (Å²) < 4.78 is 2.36. The lowest BCUT2D eigenvalue weighted by molar-refractivity contribution is 0.419. The fourth-order valence-electron chi connectivity index (χ4n) is 2.86. The summed E-state index contributed by atoms with van der Waals surface area (Å²) in [5.41, 5.74) is 4.15. The van der Waals surface area contributed by atoms with Gasteiger partial charge in [-0.25, -0.2) is 0 Å². The Morgan fingerprint density at radius 2 is 1.95 bits per heavy atom. The summed E-state index contributed by atoms with van der Waals surface area (Å²) in [6, 6.07) is 11.7. The van der Waals surface area contributed by atoms with E-state index in [1.807, 2.05) is 0 Å². The summed E-state index contributed by atoms with van der Waals surface area (Å²) in [5.74, 6) is 0.804. The summed E-state index contributed by atoms with van der Waals surface area (Å²) >= 11 is 9.01. The molecule has 1 unspecified atom stereocenters. The highest BCUT2D eigenvalue weighted by molar-refractivity contribution is 9.12. The van der Waals surface area contributed by atoms with E-state index in [1.54, 1.807) is 11.3 Å². The van der Waals surface area contributed by atoms with E-state index in [0.717, 1.165) is 12.5 Å². The average Bonchev–Trinajstić information content (AvgIpc) is 2.74. The maximum Gasteiger partial charge on any atom is 0.0761 e. The molecule has 21 heavy (non-hydrogen) atoms. The van der Waals surface area contributed by atoms with Crippen molar-refractivity contribution in [2.75, 3.05) is 6.54 Å². The highest BCUT2D eigenvalue weighted by atomic mass is 79.9. The first kappa shape index (κ1) is 15.7. The number of hydrogen-bond donors (Lipinski definition) is 1. The molecule has 0 spiro atoms. The summed E-state index contributed by atoms with van der Waals surface area (Å²) in [6.45, 7) is 3.11. The normalized spacial score (nSPS) is 16.7. The number of hydrogen-bond acceptors (Lipinski definition) is 2. The standard InChI is InChI=1S/C17H19Br2NS/c1-2-20-16(14-10-15(18)21-17(14)19)13-8-6-12(7-9-13)11-4-3-5-11/h6-11,16,20H,2-5H2,1H3. The van der Waals surface area contributed by atoms with E-state index >= 15 is 0 Å². The Balaban J connectivity index is 1.87. The minimum atomic E-state index is 0.252. The van der Waals surface area contributed by atoms with Crippen molar-refractivity contribution in [3.63, 3.8) is 0 Å². The molecular weight excluding hydrogens is 410 g/mol. The second-order valence-electron chi connectivity index (χ2n) is 5.56. The molecule has 1 aliphatic rings. The molecule has 1 N–H and O–H groups in total. The second kappa shape index (κ2) is 6.95. The molecule has 0 aliphatic heterocycles. The predicted octanol–water partition coefficient (Wildman–Crippen LogP) is 6.24. The van der Waals surface area contributed by atoms with Crippen LogP contribution >= 0.6 is 43.2 Å². The van der Waals surface area contributed by atoms with E-state index in [1.165, 1.54) is 43.5 Å². The number of benzene rings is 1. The molecule has 0 saturated heterocycles. The van der Waals surface area contributed by atoms with Gasteiger partial charge in [0.25, 0.3) is 0 Å². The Bertz CT molecular complexity index is 602. The van der Waals surface area contributed by atoms with E-state index in [2.05, 4.69) is 74.4 Å². The monoisotopic (exact) mass is 427 g/mol. The maximum atomic E-state index is 3.69. The smallest absolute Gasteiger partial charge is 0.0761 e. The molecule has 1 atom stereocenters. The summed E-state index contributed by atoms with van der Waals surface area (Å²) in [5, 5.41) is 3.60. The van der Waals surface area contributed by atoms with Gasteiger partial charge in [0.15, 0.2) is 0 Å². The fraction of sp³-hybridized carbons (Fsp3) is 0.412. The van der Waals surface area contributed by atoms with Crippen molar-refractivity contribution in [2.45, 2.75) is 38.1 Å². The van der Waals surface area contributed by atoms with Crippen LogP contribution in [0.4, 0.5) is 0 Å². The van der Waals surface area contributed by atoms with Gasteiger partial charge in [0, 0.05) is 0 Å². The third-order valence-corrected chi connectivity index (χ3v) is 6.63. The van der Waals surface area contributed by atoms with Crippen LogP contribution in [-0.4, -0.2) is 6.54 Å². The lowest BCUT2D eigenvalue weighted by Crippen LogP contribution is -2.22. The molecule has 0 radical (unpaired) electrons. The molecule has 4 heteroatoms. The Hall–Kier alpha value is -0.160. The zero-order chi connectivity index (χ0) is 14.8. The molecule has 1 aromatic heterocycles. The second-order valence-corrected chi connectivity index (χ2v) is 9.31. The van der Waals surface area contributed by atoms with Crippen molar-refractivity contribution in [3.8, 4) is 0 Å². The molecular formula is C17H19Br2NS. The Kier molecular flexibility index (Phi) is 5.20. The number of halogens is 2. The van der Waals surface area contributed by atoms with Gasteiger partial charge < -0.3 is 5.32 Å². The third kappa shape index (κ3) is 3.44. The predicted molar refractivity (Wildman–Crippen MR) is 98.3 cm³/mol. The van der Waals surface area contributed by atoms with Gasteiger partial charge in [0.05, 0.1) is 13.6 Å². The van der Waals surface area contributed by atoms with Crippen molar-refractivity contribution in [2.24, 2.45) is 0 Å². The first-order valence-electron chi connectivity index (χ1n) is 7.47. The summed E-state index contributed by atoms with van der Waals surface area (Å²) in [7, 11) is 0. The van der Waals surface area contributed by atoms with Crippen molar-refractivity contribution >= 4 is 43.2 Å². The number of rotatable bonds is 5. The molecule has 1 saturated carbocycles. The lowest BCUT2D eigenvalue weighted by atomic mass is 9.79. The fourth-order valence-corrected chi connectivity index (χ4v) is 5.77. The molecule has 2 aromatic rings. The molecule has 1 aromatic carbocycles. The largest absolute Gasteiger partial charge is 0.306 e. The van der Waals surface area contributed by atoms with Gasteiger partial charge in [0.2, 0.25) is 0 Å². The first-order chi connectivity index (χ1) is 10.2. The Morgan fingerprint density at radius 3 is 2.43 bits per heavy atom. The van der Waals surface area contributed by atoms with Crippen LogP contribution in [0.15, 0.2) is 37.9 Å². The molecule has 1 fully saturated rings. The van der Waals surface area contributed by atoms with Crippen molar-refractivity contribution in [1.29, 1.82) is 0 Å². The van der Waals surface area contributed by atoms with Crippen molar-refractivity contribution in [1.82, 2.24) is 5.32 Å². The maximum absolute atomic E-state index is 3.69. The topological polar surface area (TPSA) is 12.0 Å². The van der Waals surface area contributed by atoms with Crippen LogP contribution in [-0.2, 0) is 0 Å². The van der Waals surface area contributed by atoms with Crippen LogP contribution in [0.25, 0.3) is 0 Å². The molecule has 112 valence electrons. The van der Waals surface area contributed by atoms with E-state index in [9.17, 15) is 0 Å². The minimum absolute atomic E-state index is 0.252. The van der Waals surface area contributed by atoms with Crippen LogP contribution in [0.1, 0.15) is 54.8 Å².